The molecule has 0 aliphatic carbocycles. The highest BCUT2D eigenvalue weighted by Gasteiger charge is 2.37. The first-order chi connectivity index (χ1) is 14.2. The number of benzene rings is 1. The molecule has 0 spiro atoms. The van der Waals surface area contributed by atoms with Gasteiger partial charge in [-0.3, -0.25) is 0 Å². The van der Waals surface area contributed by atoms with E-state index in [-0.39, 0.29) is 11.3 Å². The highest BCUT2D eigenvalue weighted by Crippen LogP contribution is 2.22. The van der Waals surface area contributed by atoms with E-state index in [1.807, 2.05) is 23.8 Å². The zero-order chi connectivity index (χ0) is 21.9. The number of carbonyl (C=O) groups excluding carboxylic acids is 1. The molecule has 0 bridgehead atoms. The number of aryl methyl sites for hydroxylation is 1. The molecular formula is C19H25N3O6S2. The standard InChI is InChI=1S/C19H25N3O6S2/c1-12-3-5-15(6-4-12)30(25,26)28-17(20)13(2)9-16(23)18-21-22(19(24)27-18)10-14-7-8-29-11-14/h3-8,11,13,16-18,21,23H,9-10,20H2,1-2H3/t13?,16-,17?,18?/m0/s1. The topological polar surface area (TPSA) is 131 Å². The van der Waals surface area contributed by atoms with Gasteiger partial charge in [-0.2, -0.15) is 25.2 Å². The zero-order valence-electron chi connectivity index (χ0n) is 16.6. The van der Waals surface area contributed by atoms with Gasteiger partial charge in [-0.1, -0.05) is 24.6 Å². The molecule has 11 heteroatoms. The molecule has 0 radical (unpaired) electrons. The van der Waals surface area contributed by atoms with Gasteiger partial charge in [0.05, 0.1) is 11.4 Å². The molecule has 1 amide bonds. The summed E-state index contributed by atoms with van der Waals surface area (Å²) in [6, 6.07) is 8.10. The monoisotopic (exact) mass is 455 g/mol. The van der Waals surface area contributed by atoms with Crippen molar-refractivity contribution >= 4 is 27.5 Å². The molecule has 9 nitrogen and oxygen atoms in total. The van der Waals surface area contributed by atoms with Gasteiger partial charge in [0.25, 0.3) is 10.1 Å². The van der Waals surface area contributed by atoms with Gasteiger partial charge in [0.2, 0.25) is 0 Å². The molecule has 164 valence electrons. The van der Waals surface area contributed by atoms with Crippen LogP contribution in [-0.2, 0) is 25.6 Å². The SMILES string of the molecule is Cc1ccc(S(=O)(=O)OC(N)C(C)C[C@H](O)C2NN(Cc3ccsc3)C(=O)O2)cc1. The van der Waals surface area contributed by atoms with Gasteiger partial charge in [-0.05, 0) is 53.8 Å². The van der Waals surface area contributed by atoms with Crippen molar-refractivity contribution in [2.45, 2.75) is 50.3 Å². The number of nitrogens with one attached hydrogen (secondary N) is 1. The predicted octanol–water partition coefficient (Wildman–Crippen LogP) is 1.92. The lowest BCUT2D eigenvalue weighted by molar-refractivity contribution is -0.0102. The minimum Gasteiger partial charge on any atom is -0.425 e. The molecule has 1 aromatic heterocycles. The van der Waals surface area contributed by atoms with Crippen LogP contribution in [0, 0.1) is 12.8 Å². The van der Waals surface area contributed by atoms with Crippen LogP contribution in [0.4, 0.5) is 4.79 Å². The number of carbonyl (C=O) groups is 1. The number of nitrogens with zero attached hydrogens (tertiary/aromatic N) is 1. The predicted molar refractivity (Wildman–Crippen MR) is 110 cm³/mol. The normalized spacial score (nSPS) is 20.1. The lowest BCUT2D eigenvalue weighted by Crippen LogP contribution is -2.44. The Morgan fingerprint density at radius 2 is 2.03 bits per heavy atom. The maximum Gasteiger partial charge on any atom is 0.426 e. The summed E-state index contributed by atoms with van der Waals surface area (Å²) in [7, 11) is -4.04. The second kappa shape index (κ2) is 9.41. The number of hydrazine groups is 1. The first-order valence-corrected chi connectivity index (χ1v) is 11.7. The Hall–Kier alpha value is -2.02. The quantitative estimate of drug-likeness (QED) is 0.386. The van der Waals surface area contributed by atoms with Crippen molar-refractivity contribution in [3.8, 4) is 0 Å². The molecule has 2 heterocycles. The molecule has 3 rings (SSSR count). The van der Waals surface area contributed by atoms with E-state index in [2.05, 4.69) is 5.43 Å². The van der Waals surface area contributed by atoms with Gasteiger partial charge >= 0.3 is 6.09 Å². The Morgan fingerprint density at radius 1 is 1.33 bits per heavy atom. The summed E-state index contributed by atoms with van der Waals surface area (Å²) in [5, 5.41) is 15.5. The average Bonchev–Trinajstić information content (AvgIpc) is 3.32. The van der Waals surface area contributed by atoms with Crippen molar-refractivity contribution in [3.63, 3.8) is 0 Å². The van der Waals surface area contributed by atoms with E-state index in [0.717, 1.165) is 11.1 Å². The highest BCUT2D eigenvalue weighted by atomic mass is 32.2. The largest absolute Gasteiger partial charge is 0.426 e. The van der Waals surface area contributed by atoms with Crippen LogP contribution in [0.15, 0.2) is 46.0 Å². The molecule has 1 aliphatic heterocycles. The van der Waals surface area contributed by atoms with Crippen molar-refractivity contribution in [1.29, 1.82) is 0 Å². The second-order valence-electron chi connectivity index (χ2n) is 7.26. The van der Waals surface area contributed by atoms with Crippen molar-refractivity contribution in [3.05, 3.63) is 52.2 Å². The van der Waals surface area contributed by atoms with Crippen LogP contribution in [-0.4, -0.2) is 43.2 Å². The lowest BCUT2D eigenvalue weighted by Gasteiger charge is -2.24. The van der Waals surface area contributed by atoms with Crippen molar-refractivity contribution in [2.75, 3.05) is 0 Å². The van der Waals surface area contributed by atoms with Gasteiger partial charge in [-0.25, -0.2) is 14.0 Å². The van der Waals surface area contributed by atoms with Crippen LogP contribution < -0.4 is 11.2 Å². The third-order valence-corrected chi connectivity index (χ3v) is 6.78. The number of aliphatic hydroxyl groups excluding tert-OH is 1. The molecule has 1 fully saturated rings. The number of cyclic esters (lactones) is 1. The maximum absolute atomic E-state index is 12.4. The smallest absolute Gasteiger partial charge is 0.425 e. The van der Waals surface area contributed by atoms with E-state index < -0.39 is 40.7 Å². The third kappa shape index (κ3) is 5.56. The summed E-state index contributed by atoms with van der Waals surface area (Å²) in [4.78, 5) is 12.0. The zero-order valence-corrected chi connectivity index (χ0v) is 18.2. The van der Waals surface area contributed by atoms with E-state index in [1.54, 1.807) is 19.1 Å². The molecule has 0 saturated carbocycles. The number of ether oxygens (including phenoxy) is 1. The summed E-state index contributed by atoms with van der Waals surface area (Å²) >= 11 is 1.51. The van der Waals surface area contributed by atoms with Crippen LogP contribution >= 0.6 is 11.3 Å². The van der Waals surface area contributed by atoms with Gasteiger partial charge < -0.3 is 15.6 Å². The van der Waals surface area contributed by atoms with Crippen LogP contribution in [0.2, 0.25) is 0 Å². The van der Waals surface area contributed by atoms with Crippen LogP contribution in [0.25, 0.3) is 0 Å². The molecule has 3 unspecified atom stereocenters. The Kier molecular flexibility index (Phi) is 7.11. The maximum atomic E-state index is 12.4. The van der Waals surface area contributed by atoms with E-state index in [0.29, 0.717) is 6.54 Å². The fourth-order valence-corrected chi connectivity index (χ4v) is 4.61. The number of thiophene rings is 1. The Labute approximate surface area is 179 Å². The molecule has 1 saturated heterocycles. The minimum absolute atomic E-state index is 0.00626. The number of hydrogen-bond donors (Lipinski definition) is 3. The summed E-state index contributed by atoms with van der Waals surface area (Å²) in [5.41, 5.74) is 10.6. The number of rotatable bonds is 9. The summed E-state index contributed by atoms with van der Waals surface area (Å²) in [5.74, 6) is -0.536. The first-order valence-electron chi connectivity index (χ1n) is 9.34. The van der Waals surface area contributed by atoms with Gasteiger partial charge in [0, 0.05) is 0 Å². The molecule has 2 aromatic rings. The van der Waals surface area contributed by atoms with Crippen molar-refractivity contribution < 1.29 is 27.2 Å². The Morgan fingerprint density at radius 3 is 2.67 bits per heavy atom. The Bertz CT molecular complexity index is 949. The lowest BCUT2D eigenvalue weighted by atomic mass is 10.0. The fraction of sp³-hybridized carbons (Fsp3) is 0.421. The average molecular weight is 456 g/mol. The highest BCUT2D eigenvalue weighted by molar-refractivity contribution is 7.86. The van der Waals surface area contributed by atoms with Crippen LogP contribution in [0.5, 0.6) is 0 Å². The molecule has 4 N–H and O–H groups in total. The third-order valence-electron chi connectivity index (χ3n) is 4.72. The van der Waals surface area contributed by atoms with Gasteiger partial charge in [0.1, 0.15) is 12.3 Å². The van der Waals surface area contributed by atoms with E-state index >= 15 is 0 Å². The van der Waals surface area contributed by atoms with Gasteiger partial charge in [0.15, 0.2) is 6.23 Å². The molecular weight excluding hydrogens is 430 g/mol. The van der Waals surface area contributed by atoms with Crippen molar-refractivity contribution in [2.24, 2.45) is 11.7 Å². The summed E-state index contributed by atoms with van der Waals surface area (Å²) in [6.07, 6.45) is -3.78. The van der Waals surface area contributed by atoms with E-state index in [9.17, 15) is 18.3 Å². The second-order valence-corrected chi connectivity index (χ2v) is 9.61. The first kappa shape index (κ1) is 22.7. The molecule has 1 aliphatic rings. The van der Waals surface area contributed by atoms with E-state index in [1.165, 1.54) is 28.5 Å². The van der Waals surface area contributed by atoms with Crippen molar-refractivity contribution in [1.82, 2.24) is 10.4 Å². The fourth-order valence-electron chi connectivity index (χ4n) is 2.89. The van der Waals surface area contributed by atoms with Gasteiger partial charge in [-0.15, -0.1) is 0 Å². The molecule has 4 atom stereocenters. The minimum atomic E-state index is -4.04. The van der Waals surface area contributed by atoms with Crippen LogP contribution in [0.1, 0.15) is 24.5 Å². The Balaban J connectivity index is 1.53. The number of amides is 1. The molecule has 1 aromatic carbocycles. The molecule has 30 heavy (non-hydrogen) atoms. The summed E-state index contributed by atoms with van der Waals surface area (Å²) < 4.78 is 35.0. The number of hydrogen-bond acceptors (Lipinski definition) is 9. The van der Waals surface area contributed by atoms with Crippen LogP contribution in [0.3, 0.4) is 0 Å². The number of nitrogens with two attached hydrogens (primary N) is 1. The van der Waals surface area contributed by atoms with E-state index in [4.69, 9.17) is 14.7 Å². The number of aliphatic hydroxyl groups is 1. The summed E-state index contributed by atoms with van der Waals surface area (Å²) in [6.45, 7) is 3.80.